The van der Waals surface area contributed by atoms with Crippen LogP contribution in [0.3, 0.4) is 0 Å². The Morgan fingerprint density at radius 1 is 1.07 bits per heavy atom. The number of hydrogen-bond acceptors (Lipinski definition) is 2. The Balaban J connectivity index is 0.00000112. The fourth-order valence-electron chi connectivity index (χ4n) is 1.47. The van der Waals surface area contributed by atoms with Crippen LogP contribution in [0.1, 0.15) is 11.6 Å². The minimum atomic E-state index is -0.639. The van der Waals surface area contributed by atoms with E-state index < -0.39 is 6.04 Å². The zero-order valence-corrected chi connectivity index (χ0v) is 8.83. The lowest BCUT2D eigenvalue weighted by Gasteiger charge is -2.04. The van der Waals surface area contributed by atoms with Crippen molar-refractivity contribution < 1.29 is 4.79 Å². The minimum Gasteiger partial charge on any atom is -0.317 e. The summed E-state index contributed by atoms with van der Waals surface area (Å²) in [4.78, 5) is 10.4. The monoisotopic (exact) mass is 220 g/mol. The van der Waals surface area contributed by atoms with Gasteiger partial charge in [-0.3, -0.25) is 4.79 Å². The topological polar surface area (TPSA) is 43.1 Å². The van der Waals surface area contributed by atoms with Crippen molar-refractivity contribution in [3.05, 3.63) is 48.0 Å². The van der Waals surface area contributed by atoms with Gasteiger partial charge < -0.3 is 5.73 Å². The van der Waals surface area contributed by atoms with E-state index in [0.29, 0.717) is 0 Å². The van der Waals surface area contributed by atoms with Crippen molar-refractivity contribution >= 4 is 29.5 Å². The summed E-state index contributed by atoms with van der Waals surface area (Å²) in [5.74, 6) is 0. The van der Waals surface area contributed by atoms with Crippen LogP contribution in [0.5, 0.6) is 0 Å². The van der Waals surface area contributed by atoms with Gasteiger partial charge in [-0.25, -0.2) is 0 Å². The van der Waals surface area contributed by atoms with Crippen LogP contribution in [0.25, 0.3) is 10.8 Å². The van der Waals surface area contributed by atoms with Crippen molar-refractivity contribution in [1.82, 2.24) is 0 Å². The van der Waals surface area contributed by atoms with E-state index in [0.717, 1.165) is 16.3 Å². The van der Waals surface area contributed by atoms with Crippen LogP contribution in [0.2, 0.25) is 0 Å². The number of halogens is 1. The molecule has 0 aliphatic carbocycles. The lowest BCUT2D eigenvalue weighted by molar-refractivity contribution is 0.544. The van der Waals surface area contributed by atoms with Gasteiger partial charge >= 0.3 is 0 Å². The number of carbonyl (C=O) groups excluding carboxylic acids is 1. The molecule has 3 heteroatoms. The molecule has 1 radical (unpaired) electrons. The molecule has 0 aromatic heterocycles. The fourth-order valence-corrected chi connectivity index (χ4v) is 1.47. The van der Waals surface area contributed by atoms with E-state index in [1.807, 2.05) is 42.5 Å². The maximum atomic E-state index is 10.4. The SMILES string of the molecule is Cl.NC([C]=O)c1ccc2ccccc2c1. The Hall–Kier alpha value is -1.38. The molecule has 0 saturated carbocycles. The summed E-state index contributed by atoms with van der Waals surface area (Å²) in [7, 11) is 0. The molecule has 0 aliphatic rings. The Kier molecular flexibility index (Phi) is 3.83. The molecular weight excluding hydrogens is 210 g/mol. The third-order valence-corrected chi connectivity index (χ3v) is 2.26. The average Bonchev–Trinajstić information content (AvgIpc) is 2.27. The molecule has 0 saturated heterocycles. The molecule has 2 aromatic rings. The second-order valence-corrected chi connectivity index (χ2v) is 3.20. The number of rotatable bonds is 2. The van der Waals surface area contributed by atoms with E-state index in [1.54, 1.807) is 6.29 Å². The number of benzene rings is 2. The summed E-state index contributed by atoms with van der Waals surface area (Å²) in [5, 5.41) is 2.24. The molecule has 1 unspecified atom stereocenters. The van der Waals surface area contributed by atoms with Gasteiger partial charge in [-0.05, 0) is 22.4 Å². The van der Waals surface area contributed by atoms with Gasteiger partial charge in [-0.2, -0.15) is 0 Å². The van der Waals surface area contributed by atoms with Gasteiger partial charge in [0.15, 0.2) is 0 Å². The lowest BCUT2D eigenvalue weighted by Crippen LogP contribution is -2.10. The van der Waals surface area contributed by atoms with Crippen molar-refractivity contribution in [3.8, 4) is 0 Å². The molecule has 15 heavy (non-hydrogen) atoms. The third kappa shape index (κ3) is 2.35. The molecule has 2 aromatic carbocycles. The molecule has 2 N–H and O–H groups in total. The van der Waals surface area contributed by atoms with Crippen molar-refractivity contribution in [2.75, 3.05) is 0 Å². The van der Waals surface area contributed by atoms with E-state index in [9.17, 15) is 4.79 Å². The van der Waals surface area contributed by atoms with Gasteiger partial charge in [-0.1, -0.05) is 36.4 Å². The van der Waals surface area contributed by atoms with E-state index >= 15 is 0 Å². The van der Waals surface area contributed by atoms with Crippen LogP contribution in [0, 0.1) is 0 Å². The molecular formula is C12H11ClNO. The zero-order valence-electron chi connectivity index (χ0n) is 8.01. The molecule has 77 valence electrons. The van der Waals surface area contributed by atoms with Crippen molar-refractivity contribution in [2.24, 2.45) is 5.73 Å². The third-order valence-electron chi connectivity index (χ3n) is 2.26. The van der Waals surface area contributed by atoms with Crippen LogP contribution >= 0.6 is 12.4 Å². The van der Waals surface area contributed by atoms with E-state index in [-0.39, 0.29) is 12.4 Å². The number of hydrogen-bond donors (Lipinski definition) is 1. The van der Waals surface area contributed by atoms with Crippen LogP contribution in [0.15, 0.2) is 42.5 Å². The summed E-state index contributed by atoms with van der Waals surface area (Å²) in [5.41, 5.74) is 6.37. The largest absolute Gasteiger partial charge is 0.317 e. The second-order valence-electron chi connectivity index (χ2n) is 3.20. The average molecular weight is 221 g/mol. The summed E-state index contributed by atoms with van der Waals surface area (Å²) in [6.45, 7) is 0. The van der Waals surface area contributed by atoms with Crippen molar-refractivity contribution in [3.63, 3.8) is 0 Å². The second kappa shape index (κ2) is 4.91. The van der Waals surface area contributed by atoms with Gasteiger partial charge in [0.05, 0.1) is 6.04 Å². The molecule has 0 bridgehead atoms. The Morgan fingerprint density at radius 3 is 2.40 bits per heavy atom. The van der Waals surface area contributed by atoms with Gasteiger partial charge in [0.1, 0.15) is 0 Å². The summed E-state index contributed by atoms with van der Waals surface area (Å²) < 4.78 is 0. The highest BCUT2D eigenvalue weighted by Gasteiger charge is 2.04. The summed E-state index contributed by atoms with van der Waals surface area (Å²) in [6, 6.07) is 13.1. The van der Waals surface area contributed by atoms with Crippen LogP contribution in [0.4, 0.5) is 0 Å². The summed E-state index contributed by atoms with van der Waals surface area (Å²) in [6.07, 6.45) is 1.77. The van der Waals surface area contributed by atoms with E-state index in [1.165, 1.54) is 0 Å². The maximum Gasteiger partial charge on any atom is 0.221 e. The Labute approximate surface area is 94.5 Å². The Bertz CT molecular complexity index is 470. The molecule has 0 aliphatic heterocycles. The number of fused-ring (bicyclic) bond motifs is 1. The molecule has 1 atom stereocenters. The Morgan fingerprint density at radius 2 is 1.73 bits per heavy atom. The minimum absolute atomic E-state index is 0. The van der Waals surface area contributed by atoms with Crippen LogP contribution in [-0.2, 0) is 4.79 Å². The van der Waals surface area contributed by atoms with Crippen molar-refractivity contribution in [2.45, 2.75) is 6.04 Å². The first-order chi connectivity index (χ1) is 6.81. The molecule has 0 spiro atoms. The predicted octanol–water partition coefficient (Wildman–Crippen LogP) is 2.37. The van der Waals surface area contributed by atoms with Gasteiger partial charge in [-0.15, -0.1) is 12.4 Å². The predicted molar refractivity (Wildman–Crippen MR) is 63.8 cm³/mol. The highest BCUT2D eigenvalue weighted by atomic mass is 35.5. The molecule has 0 fully saturated rings. The maximum absolute atomic E-state index is 10.4. The molecule has 0 heterocycles. The standard InChI is InChI=1S/C12H10NO.ClH/c13-12(8-14)11-6-5-9-3-1-2-4-10(9)7-11;/h1-7,12H,13H2;1H. The molecule has 2 nitrogen and oxygen atoms in total. The van der Waals surface area contributed by atoms with Gasteiger partial charge in [0.2, 0.25) is 6.29 Å². The zero-order chi connectivity index (χ0) is 9.97. The quantitative estimate of drug-likeness (QED) is 0.845. The fraction of sp³-hybridized carbons (Fsp3) is 0.0833. The summed E-state index contributed by atoms with van der Waals surface area (Å²) >= 11 is 0. The highest BCUT2D eigenvalue weighted by Crippen LogP contribution is 2.18. The van der Waals surface area contributed by atoms with Crippen LogP contribution < -0.4 is 5.73 Å². The van der Waals surface area contributed by atoms with Crippen molar-refractivity contribution in [1.29, 1.82) is 0 Å². The van der Waals surface area contributed by atoms with Crippen LogP contribution in [-0.4, -0.2) is 6.29 Å². The van der Waals surface area contributed by atoms with E-state index in [2.05, 4.69) is 0 Å². The highest BCUT2D eigenvalue weighted by molar-refractivity contribution is 5.85. The molecule has 2 rings (SSSR count). The van der Waals surface area contributed by atoms with E-state index in [4.69, 9.17) is 5.73 Å². The first-order valence-corrected chi connectivity index (χ1v) is 4.43. The van der Waals surface area contributed by atoms with Gasteiger partial charge in [0.25, 0.3) is 0 Å². The molecule has 0 amide bonds. The normalized spacial score (nSPS) is 11.8. The first-order valence-electron chi connectivity index (χ1n) is 4.43. The van der Waals surface area contributed by atoms with Gasteiger partial charge in [0, 0.05) is 0 Å². The smallest absolute Gasteiger partial charge is 0.221 e. The lowest BCUT2D eigenvalue weighted by atomic mass is 10.0. The number of nitrogens with two attached hydrogens (primary N) is 1. The first kappa shape index (κ1) is 11.7.